The van der Waals surface area contributed by atoms with Gasteiger partial charge in [0.25, 0.3) is 0 Å². The second kappa shape index (κ2) is 5.07. The summed E-state index contributed by atoms with van der Waals surface area (Å²) in [5.74, 6) is 1.14. The van der Waals surface area contributed by atoms with Crippen molar-refractivity contribution in [2.45, 2.75) is 16.3 Å². The molecule has 1 aromatic carbocycles. The van der Waals surface area contributed by atoms with Crippen molar-refractivity contribution in [2.75, 3.05) is 5.75 Å². The molecule has 0 radical (unpaired) electrons. The summed E-state index contributed by atoms with van der Waals surface area (Å²) in [6.07, 6.45) is 2.17. The van der Waals surface area contributed by atoms with Gasteiger partial charge in [-0.05, 0) is 18.2 Å². The van der Waals surface area contributed by atoms with Crippen molar-refractivity contribution in [3.63, 3.8) is 0 Å². The number of nitrogens with zero attached hydrogens (tertiary/aromatic N) is 1. The van der Waals surface area contributed by atoms with Crippen molar-refractivity contribution in [1.82, 2.24) is 0 Å². The van der Waals surface area contributed by atoms with Gasteiger partial charge >= 0.3 is 0 Å². The highest BCUT2D eigenvalue weighted by atomic mass is 79.9. The molecule has 3 rings (SSSR count). The van der Waals surface area contributed by atoms with Crippen molar-refractivity contribution in [1.29, 1.82) is 0 Å². The van der Waals surface area contributed by atoms with Crippen LogP contribution in [-0.4, -0.2) is 10.6 Å². The molecule has 0 saturated heterocycles. The van der Waals surface area contributed by atoms with Crippen molar-refractivity contribution in [2.24, 2.45) is 0 Å². The van der Waals surface area contributed by atoms with Gasteiger partial charge in [-0.2, -0.15) is 4.57 Å². The molecule has 1 aliphatic heterocycles. The minimum Gasteiger partial charge on any atom is -1.00 e. The lowest BCUT2D eigenvalue weighted by Crippen LogP contribution is -3.00. The number of thioether (sulfide) groups is 1. The molecule has 0 bridgehead atoms. The van der Waals surface area contributed by atoms with Gasteiger partial charge < -0.3 is 17.0 Å². The molecule has 0 N–H and O–H groups in total. The Morgan fingerprint density at radius 2 is 2.06 bits per heavy atom. The summed E-state index contributed by atoms with van der Waals surface area (Å²) in [5, 5.41) is 1.34. The van der Waals surface area contributed by atoms with Crippen LogP contribution in [0.1, 0.15) is 0 Å². The van der Waals surface area contributed by atoms with E-state index in [0.717, 1.165) is 12.3 Å². The standard InChI is InChI=1S/C12H11BrNS.BrH/c13-10-7-14-6-2-4-9-3-1-5-11(12(9)14)15-8-10;/h1-6,10H,7-8H2;1H/q+1;/p-1. The van der Waals surface area contributed by atoms with Crippen LogP contribution >= 0.6 is 27.7 Å². The van der Waals surface area contributed by atoms with Gasteiger partial charge in [0.05, 0.1) is 9.72 Å². The number of rotatable bonds is 0. The fourth-order valence-electron chi connectivity index (χ4n) is 2.02. The third kappa shape index (κ3) is 2.15. The third-order valence-corrected chi connectivity index (χ3v) is 4.93. The first-order valence-electron chi connectivity index (χ1n) is 5.02. The van der Waals surface area contributed by atoms with E-state index < -0.39 is 0 Å². The highest BCUT2D eigenvalue weighted by Crippen LogP contribution is 2.29. The molecule has 84 valence electrons. The predicted octanol–water partition coefficient (Wildman–Crippen LogP) is 0.000500. The SMILES string of the molecule is BrC1CSc2cccc3ccc[n+](c23)C1.[Br-]. The Hall–Kier alpha value is -0.0600. The topological polar surface area (TPSA) is 3.88 Å². The Morgan fingerprint density at radius 3 is 2.94 bits per heavy atom. The average Bonchev–Trinajstić information content (AvgIpc) is 2.41. The Balaban J connectivity index is 0.000000963. The number of para-hydroxylation sites is 1. The first-order chi connectivity index (χ1) is 7.34. The number of pyridine rings is 1. The van der Waals surface area contributed by atoms with E-state index in [4.69, 9.17) is 0 Å². The quantitative estimate of drug-likeness (QED) is 0.472. The molecule has 0 fully saturated rings. The fraction of sp³-hybridized carbons (Fsp3) is 0.250. The molecule has 2 aromatic rings. The smallest absolute Gasteiger partial charge is 0.226 e. The normalized spacial score (nSPS) is 18.9. The molecular weight excluding hydrogens is 350 g/mol. The molecule has 0 spiro atoms. The fourth-order valence-corrected chi connectivity index (χ4v) is 3.74. The van der Waals surface area contributed by atoms with Crippen LogP contribution in [0.4, 0.5) is 0 Å². The zero-order valence-corrected chi connectivity index (χ0v) is 12.6. The highest BCUT2D eigenvalue weighted by molar-refractivity contribution is 9.09. The lowest BCUT2D eigenvalue weighted by molar-refractivity contribution is -0.670. The number of hydrogen-bond acceptors (Lipinski definition) is 1. The van der Waals surface area contributed by atoms with Crippen molar-refractivity contribution >= 4 is 38.6 Å². The molecular formula is C12H11Br2NS. The second-order valence-corrected chi connectivity index (χ2v) is 6.12. The first kappa shape index (κ1) is 12.4. The molecule has 1 aromatic heterocycles. The van der Waals surface area contributed by atoms with E-state index >= 15 is 0 Å². The van der Waals surface area contributed by atoms with Crippen molar-refractivity contribution in [3.8, 4) is 0 Å². The van der Waals surface area contributed by atoms with Gasteiger partial charge in [0, 0.05) is 17.2 Å². The largest absolute Gasteiger partial charge is 1.00 e. The van der Waals surface area contributed by atoms with Crippen LogP contribution in [0.3, 0.4) is 0 Å². The summed E-state index contributed by atoms with van der Waals surface area (Å²) in [4.78, 5) is 1.96. The molecule has 1 nitrogen and oxygen atoms in total. The lowest BCUT2D eigenvalue weighted by Gasteiger charge is -2.01. The average molecular weight is 361 g/mol. The summed E-state index contributed by atoms with van der Waals surface area (Å²) in [5.41, 5.74) is 1.38. The zero-order valence-electron chi connectivity index (χ0n) is 8.57. The van der Waals surface area contributed by atoms with Gasteiger partial charge in [0.1, 0.15) is 0 Å². The molecule has 1 unspecified atom stereocenters. The number of halogens is 2. The van der Waals surface area contributed by atoms with Gasteiger partial charge in [0.15, 0.2) is 12.7 Å². The highest BCUT2D eigenvalue weighted by Gasteiger charge is 2.22. The van der Waals surface area contributed by atoms with E-state index in [0.29, 0.717) is 4.83 Å². The summed E-state index contributed by atoms with van der Waals surface area (Å²) < 4.78 is 2.35. The Labute approximate surface area is 118 Å². The van der Waals surface area contributed by atoms with Gasteiger partial charge in [-0.15, -0.1) is 11.8 Å². The maximum atomic E-state index is 3.72. The van der Waals surface area contributed by atoms with Gasteiger partial charge in [-0.3, -0.25) is 0 Å². The molecule has 1 atom stereocenters. The molecule has 2 heterocycles. The van der Waals surface area contributed by atoms with Crippen LogP contribution in [0.25, 0.3) is 10.9 Å². The van der Waals surface area contributed by atoms with Gasteiger partial charge in [0.2, 0.25) is 5.52 Å². The van der Waals surface area contributed by atoms with Crippen molar-refractivity contribution < 1.29 is 21.5 Å². The van der Waals surface area contributed by atoms with Crippen LogP contribution < -0.4 is 21.5 Å². The monoisotopic (exact) mass is 359 g/mol. The van der Waals surface area contributed by atoms with E-state index in [1.807, 2.05) is 11.8 Å². The zero-order chi connectivity index (χ0) is 10.3. The van der Waals surface area contributed by atoms with Crippen LogP contribution in [0.15, 0.2) is 41.4 Å². The van der Waals surface area contributed by atoms with Gasteiger partial charge in [-0.25, -0.2) is 0 Å². The van der Waals surface area contributed by atoms with Crippen molar-refractivity contribution in [3.05, 3.63) is 36.5 Å². The summed E-state index contributed by atoms with van der Waals surface area (Å²) in [6.45, 7) is 1.06. The second-order valence-electron chi connectivity index (χ2n) is 3.76. The minimum absolute atomic E-state index is 0. The lowest BCUT2D eigenvalue weighted by atomic mass is 10.2. The number of alkyl halides is 1. The molecule has 4 heteroatoms. The van der Waals surface area contributed by atoms with Crippen LogP contribution in [0, 0.1) is 0 Å². The molecule has 0 aliphatic carbocycles. The van der Waals surface area contributed by atoms with E-state index in [1.165, 1.54) is 15.8 Å². The summed E-state index contributed by atoms with van der Waals surface area (Å²) in [6, 6.07) is 10.9. The first-order valence-corrected chi connectivity index (χ1v) is 6.93. The number of aromatic nitrogens is 1. The Bertz CT molecular complexity index is 510. The Kier molecular flexibility index (Phi) is 3.93. The molecule has 1 aliphatic rings. The van der Waals surface area contributed by atoms with Crippen LogP contribution in [0.2, 0.25) is 0 Å². The molecule has 0 amide bonds. The molecule has 16 heavy (non-hydrogen) atoms. The summed E-state index contributed by atoms with van der Waals surface area (Å²) >= 11 is 5.66. The predicted molar refractivity (Wildman–Crippen MR) is 67.6 cm³/mol. The molecule has 0 saturated carbocycles. The number of hydrogen-bond donors (Lipinski definition) is 0. The minimum atomic E-state index is 0. The maximum absolute atomic E-state index is 3.72. The van der Waals surface area contributed by atoms with Gasteiger partial charge in [-0.1, -0.05) is 22.0 Å². The van der Waals surface area contributed by atoms with E-state index in [-0.39, 0.29) is 17.0 Å². The van der Waals surface area contributed by atoms with Crippen LogP contribution in [0.5, 0.6) is 0 Å². The number of benzene rings is 1. The van der Waals surface area contributed by atoms with E-state index in [1.54, 1.807) is 0 Å². The maximum Gasteiger partial charge on any atom is 0.226 e. The third-order valence-electron chi connectivity index (χ3n) is 2.67. The Morgan fingerprint density at radius 1 is 1.25 bits per heavy atom. The summed E-state index contributed by atoms with van der Waals surface area (Å²) in [7, 11) is 0. The van der Waals surface area contributed by atoms with E-state index in [9.17, 15) is 0 Å². The van der Waals surface area contributed by atoms with E-state index in [2.05, 4.69) is 57.0 Å². The van der Waals surface area contributed by atoms with Crippen LogP contribution in [-0.2, 0) is 6.54 Å².